The zero-order valence-corrected chi connectivity index (χ0v) is 47.1. The SMILES string of the molecule is CC/C=C\C/C=C\C/C=C\C/C=C\C/C=C\C/C=C\C/C=C\C/C=C\CCCCC(=O)OC(COC(=O)CCC/C=C\C/C=C\C/C=C\C/C=C\C/C=C\C/C=C\C/C=C\CC)COC(OCC[N+](C)(C)C)C(=O)O. The van der Waals surface area contributed by atoms with Gasteiger partial charge in [-0.1, -0.05) is 196 Å². The molecular formula is C66H100NO8+. The molecular weight excluding hydrogens is 935 g/mol. The van der Waals surface area contributed by atoms with E-state index in [0.717, 1.165) is 116 Å². The predicted molar refractivity (Wildman–Crippen MR) is 317 cm³/mol. The number of hydrogen-bond donors (Lipinski definition) is 1. The van der Waals surface area contributed by atoms with Crippen molar-refractivity contribution < 1.29 is 42.9 Å². The fraction of sp³-hybridized carbons (Fsp3) is 0.500. The molecule has 0 fully saturated rings. The van der Waals surface area contributed by atoms with Crippen molar-refractivity contribution in [2.75, 3.05) is 47.5 Å². The minimum atomic E-state index is -1.55. The van der Waals surface area contributed by atoms with Crippen molar-refractivity contribution in [1.82, 2.24) is 0 Å². The molecule has 0 radical (unpaired) electrons. The van der Waals surface area contributed by atoms with E-state index in [2.05, 4.69) is 196 Å². The van der Waals surface area contributed by atoms with Crippen LogP contribution in [0.15, 0.2) is 182 Å². The third-order valence-electron chi connectivity index (χ3n) is 10.7. The molecule has 9 heteroatoms. The van der Waals surface area contributed by atoms with E-state index >= 15 is 0 Å². The minimum Gasteiger partial charge on any atom is -0.477 e. The Balaban J connectivity index is 4.53. The van der Waals surface area contributed by atoms with Crippen LogP contribution in [0.25, 0.3) is 0 Å². The normalized spacial score (nSPS) is 14.2. The molecule has 2 unspecified atom stereocenters. The Morgan fingerprint density at radius 2 is 0.720 bits per heavy atom. The number of carboxylic acid groups (broad SMARTS) is 1. The van der Waals surface area contributed by atoms with Crippen molar-refractivity contribution in [3.8, 4) is 0 Å². The standard InChI is InChI=1S/C66H99NO8/c1-6-8-10-12-14-16-18-20-22-24-26-28-30-31-32-33-35-37-39-41-43-45-47-49-51-53-55-57-64(69)75-62(61-74-66(65(70)71)72-59-58-67(3,4)5)60-73-63(68)56-54-52-50-48-46-44-42-40-38-36-34-29-27-25-23-21-19-17-15-13-11-9-7-2/h8-11,14-17,20-23,26-29,31-32,35-38,41-44,47-50,62,66H,6-7,12-13,18-19,24-25,30,33-34,39-40,45-46,51-61H2,1-5H3/p+1/b10-8-,11-9-,16-14-,17-15-,22-20-,23-21-,28-26-,29-27-,32-31-,37-35-,38-36-,43-41-,44-42-,49-47-,50-48-. The zero-order chi connectivity index (χ0) is 54.8. The second-order valence-corrected chi connectivity index (χ2v) is 18.8. The van der Waals surface area contributed by atoms with Crippen molar-refractivity contribution in [3.63, 3.8) is 0 Å². The quantitative estimate of drug-likeness (QED) is 0.0211. The highest BCUT2D eigenvalue weighted by Crippen LogP contribution is 2.10. The predicted octanol–water partition coefficient (Wildman–Crippen LogP) is 16.6. The highest BCUT2D eigenvalue weighted by molar-refractivity contribution is 5.71. The third kappa shape index (κ3) is 56.0. The molecule has 416 valence electrons. The van der Waals surface area contributed by atoms with Gasteiger partial charge in [-0.05, 0) is 128 Å². The maximum Gasteiger partial charge on any atom is 0.361 e. The number of nitrogens with zero attached hydrogens (tertiary/aromatic N) is 1. The lowest BCUT2D eigenvalue weighted by Crippen LogP contribution is -2.40. The zero-order valence-electron chi connectivity index (χ0n) is 47.1. The van der Waals surface area contributed by atoms with Crippen molar-refractivity contribution in [2.45, 2.75) is 167 Å². The molecule has 0 saturated heterocycles. The van der Waals surface area contributed by atoms with Crippen molar-refractivity contribution in [2.24, 2.45) is 0 Å². The van der Waals surface area contributed by atoms with Gasteiger partial charge in [-0.15, -0.1) is 0 Å². The minimum absolute atomic E-state index is 0.158. The van der Waals surface area contributed by atoms with E-state index in [4.69, 9.17) is 18.9 Å². The third-order valence-corrected chi connectivity index (χ3v) is 10.7. The van der Waals surface area contributed by atoms with Crippen LogP contribution in [-0.2, 0) is 33.3 Å². The van der Waals surface area contributed by atoms with Crippen LogP contribution in [0.3, 0.4) is 0 Å². The molecule has 0 aromatic carbocycles. The fourth-order valence-electron chi connectivity index (χ4n) is 6.43. The van der Waals surface area contributed by atoms with Gasteiger partial charge >= 0.3 is 17.9 Å². The van der Waals surface area contributed by atoms with E-state index in [9.17, 15) is 19.5 Å². The second kappa shape index (κ2) is 54.6. The number of carboxylic acids is 1. The number of hydrogen-bond acceptors (Lipinski definition) is 7. The Hall–Kier alpha value is -5.61. The summed E-state index contributed by atoms with van der Waals surface area (Å²) in [5.74, 6) is -2.18. The largest absolute Gasteiger partial charge is 0.477 e. The summed E-state index contributed by atoms with van der Waals surface area (Å²) in [7, 11) is 5.91. The van der Waals surface area contributed by atoms with Crippen molar-refractivity contribution in [3.05, 3.63) is 182 Å². The molecule has 0 aromatic rings. The average molecular weight is 1040 g/mol. The Bertz CT molecular complexity index is 1870. The molecule has 0 rings (SSSR count). The van der Waals surface area contributed by atoms with Gasteiger partial charge in [0.1, 0.15) is 13.2 Å². The molecule has 2 atom stereocenters. The Morgan fingerprint density at radius 3 is 1.05 bits per heavy atom. The van der Waals surface area contributed by atoms with Crippen LogP contribution in [-0.4, -0.2) is 87.4 Å². The Morgan fingerprint density at radius 1 is 0.400 bits per heavy atom. The van der Waals surface area contributed by atoms with E-state index in [1.54, 1.807) is 0 Å². The summed E-state index contributed by atoms with van der Waals surface area (Å²) < 4.78 is 22.7. The molecule has 0 spiro atoms. The number of rotatable bonds is 48. The summed E-state index contributed by atoms with van der Waals surface area (Å²) in [4.78, 5) is 37.4. The van der Waals surface area contributed by atoms with E-state index in [-0.39, 0.29) is 32.7 Å². The van der Waals surface area contributed by atoms with E-state index in [1.807, 2.05) is 21.1 Å². The number of unbranched alkanes of at least 4 members (excludes halogenated alkanes) is 3. The summed E-state index contributed by atoms with van der Waals surface area (Å²) in [5.41, 5.74) is 0. The second-order valence-electron chi connectivity index (χ2n) is 18.8. The Labute approximate surface area is 456 Å². The number of ether oxygens (including phenoxy) is 4. The molecule has 0 aliphatic rings. The first-order chi connectivity index (χ1) is 36.6. The maximum absolute atomic E-state index is 12.9. The van der Waals surface area contributed by atoms with Gasteiger partial charge in [-0.2, -0.15) is 0 Å². The number of carbonyl (C=O) groups is 3. The highest BCUT2D eigenvalue weighted by Gasteiger charge is 2.25. The van der Waals surface area contributed by atoms with Crippen LogP contribution in [0.4, 0.5) is 0 Å². The van der Waals surface area contributed by atoms with Gasteiger partial charge in [0.25, 0.3) is 6.29 Å². The van der Waals surface area contributed by atoms with E-state index < -0.39 is 30.3 Å². The number of aliphatic carboxylic acids is 1. The molecule has 0 aromatic heterocycles. The fourth-order valence-corrected chi connectivity index (χ4v) is 6.43. The van der Waals surface area contributed by atoms with E-state index in [0.29, 0.717) is 23.9 Å². The molecule has 0 heterocycles. The molecule has 75 heavy (non-hydrogen) atoms. The van der Waals surface area contributed by atoms with Gasteiger partial charge < -0.3 is 28.5 Å². The number of quaternary nitrogens is 1. The smallest absolute Gasteiger partial charge is 0.361 e. The molecule has 0 bridgehead atoms. The molecule has 0 aliphatic heterocycles. The molecule has 0 saturated carbocycles. The summed E-state index contributed by atoms with van der Waals surface area (Å²) in [6.45, 7) is 4.48. The van der Waals surface area contributed by atoms with Gasteiger partial charge in [-0.25, -0.2) is 4.79 Å². The average Bonchev–Trinajstić information content (AvgIpc) is 3.38. The number of esters is 2. The molecule has 0 amide bonds. The van der Waals surface area contributed by atoms with Gasteiger partial charge in [0.05, 0.1) is 34.4 Å². The number of allylic oxidation sites excluding steroid dienone is 30. The van der Waals surface area contributed by atoms with Gasteiger partial charge in [0.15, 0.2) is 6.10 Å². The van der Waals surface area contributed by atoms with Crippen LogP contribution < -0.4 is 0 Å². The lowest BCUT2D eigenvalue weighted by Gasteiger charge is -2.25. The molecule has 1 N–H and O–H groups in total. The lowest BCUT2D eigenvalue weighted by molar-refractivity contribution is -0.870. The van der Waals surface area contributed by atoms with Gasteiger partial charge in [0.2, 0.25) is 0 Å². The number of likely N-dealkylation sites (N-methyl/N-ethyl adjacent to an activating group) is 1. The van der Waals surface area contributed by atoms with Gasteiger partial charge in [-0.3, -0.25) is 9.59 Å². The Kier molecular flexibility index (Phi) is 50.6. The molecule has 9 nitrogen and oxygen atoms in total. The first-order valence-electron chi connectivity index (χ1n) is 27.9. The first-order valence-corrected chi connectivity index (χ1v) is 27.9. The van der Waals surface area contributed by atoms with Crippen molar-refractivity contribution >= 4 is 17.9 Å². The summed E-state index contributed by atoms with van der Waals surface area (Å²) in [6, 6.07) is 0. The summed E-state index contributed by atoms with van der Waals surface area (Å²) in [6.07, 6.45) is 81.2. The van der Waals surface area contributed by atoms with Crippen LogP contribution in [0.5, 0.6) is 0 Å². The summed E-state index contributed by atoms with van der Waals surface area (Å²) >= 11 is 0. The molecule has 0 aliphatic carbocycles. The van der Waals surface area contributed by atoms with Crippen LogP contribution in [0, 0.1) is 0 Å². The van der Waals surface area contributed by atoms with Crippen LogP contribution in [0.2, 0.25) is 0 Å². The van der Waals surface area contributed by atoms with Crippen molar-refractivity contribution in [1.29, 1.82) is 0 Å². The highest BCUT2D eigenvalue weighted by atomic mass is 16.7. The topological polar surface area (TPSA) is 108 Å². The number of carbonyl (C=O) groups excluding carboxylic acids is 2. The van der Waals surface area contributed by atoms with Crippen LogP contribution in [0.1, 0.15) is 155 Å². The maximum atomic E-state index is 12.9. The van der Waals surface area contributed by atoms with Gasteiger partial charge in [0, 0.05) is 12.8 Å². The van der Waals surface area contributed by atoms with E-state index in [1.165, 1.54) is 0 Å². The van der Waals surface area contributed by atoms with Crippen LogP contribution >= 0.6 is 0 Å². The monoisotopic (exact) mass is 1030 g/mol. The lowest BCUT2D eigenvalue weighted by atomic mass is 10.2. The first kappa shape index (κ1) is 69.4. The summed E-state index contributed by atoms with van der Waals surface area (Å²) in [5, 5.41) is 9.69.